The van der Waals surface area contributed by atoms with Gasteiger partial charge in [-0.25, -0.2) is 0 Å². The van der Waals surface area contributed by atoms with Crippen LogP contribution in [0.1, 0.15) is 34.6 Å². The van der Waals surface area contributed by atoms with Gasteiger partial charge in [-0.1, -0.05) is 12.2 Å². The summed E-state index contributed by atoms with van der Waals surface area (Å²) in [6.07, 6.45) is 4.30. The summed E-state index contributed by atoms with van der Waals surface area (Å²) < 4.78 is 5.53. The summed E-state index contributed by atoms with van der Waals surface area (Å²) in [7, 11) is 0. The van der Waals surface area contributed by atoms with Crippen LogP contribution in [-0.2, 0) is 4.74 Å². The minimum absolute atomic E-state index is 0.179. The molecule has 0 radical (unpaired) electrons. The molecule has 0 saturated carbocycles. The monoisotopic (exact) mass is 185 g/mol. The van der Waals surface area contributed by atoms with Gasteiger partial charge in [0.05, 0.1) is 12.7 Å². The second-order valence-corrected chi connectivity index (χ2v) is 4.34. The van der Waals surface area contributed by atoms with E-state index in [4.69, 9.17) is 4.74 Å². The molecule has 1 N–H and O–H groups in total. The maximum absolute atomic E-state index is 5.53. The number of allylic oxidation sites excluding steroid dienone is 1. The molecule has 1 unspecified atom stereocenters. The van der Waals surface area contributed by atoms with Crippen LogP contribution in [-0.4, -0.2) is 24.8 Å². The van der Waals surface area contributed by atoms with Crippen molar-refractivity contribution in [3.8, 4) is 0 Å². The second-order valence-electron chi connectivity index (χ2n) is 4.34. The van der Waals surface area contributed by atoms with E-state index >= 15 is 0 Å². The first kappa shape index (κ1) is 12.7. The lowest BCUT2D eigenvalue weighted by Crippen LogP contribution is -2.40. The predicted octanol–water partition coefficient (Wildman–Crippen LogP) is 2.36. The zero-order valence-electron chi connectivity index (χ0n) is 9.55. The molecule has 2 heteroatoms. The van der Waals surface area contributed by atoms with Gasteiger partial charge in [-0.2, -0.15) is 0 Å². The Morgan fingerprint density at radius 2 is 2.00 bits per heavy atom. The van der Waals surface area contributed by atoms with Crippen LogP contribution < -0.4 is 5.32 Å². The van der Waals surface area contributed by atoms with Crippen LogP contribution in [0.15, 0.2) is 12.2 Å². The van der Waals surface area contributed by atoms with Crippen LogP contribution in [0.25, 0.3) is 0 Å². The Hall–Kier alpha value is -0.340. The summed E-state index contributed by atoms with van der Waals surface area (Å²) in [5.74, 6) is 0. The third kappa shape index (κ3) is 9.57. The van der Waals surface area contributed by atoms with Crippen LogP contribution in [0.4, 0.5) is 0 Å². The van der Waals surface area contributed by atoms with Gasteiger partial charge in [0.25, 0.3) is 0 Å². The number of hydrogen-bond acceptors (Lipinski definition) is 2. The second kappa shape index (κ2) is 6.17. The van der Waals surface area contributed by atoms with Gasteiger partial charge in [0, 0.05) is 12.1 Å². The lowest BCUT2D eigenvalue weighted by Gasteiger charge is -2.23. The van der Waals surface area contributed by atoms with Crippen molar-refractivity contribution in [2.75, 3.05) is 13.2 Å². The van der Waals surface area contributed by atoms with Gasteiger partial charge in [-0.05, 0) is 34.6 Å². The molecule has 2 nitrogen and oxygen atoms in total. The lowest BCUT2D eigenvalue weighted by atomic mass is 10.1. The van der Waals surface area contributed by atoms with E-state index in [9.17, 15) is 0 Å². The van der Waals surface area contributed by atoms with Crippen LogP contribution in [0.2, 0.25) is 0 Å². The third-order valence-corrected chi connectivity index (χ3v) is 1.63. The SMILES string of the molecule is CC=CCOC(C)CNC(C)(C)C. The van der Waals surface area contributed by atoms with E-state index in [1.807, 2.05) is 19.1 Å². The third-order valence-electron chi connectivity index (χ3n) is 1.63. The molecule has 0 aliphatic heterocycles. The highest BCUT2D eigenvalue weighted by Crippen LogP contribution is 1.99. The van der Waals surface area contributed by atoms with Gasteiger partial charge in [0.15, 0.2) is 0 Å². The molecule has 0 bridgehead atoms. The lowest BCUT2D eigenvalue weighted by molar-refractivity contribution is 0.0825. The van der Waals surface area contributed by atoms with Crippen molar-refractivity contribution in [3.05, 3.63) is 12.2 Å². The van der Waals surface area contributed by atoms with E-state index < -0.39 is 0 Å². The van der Waals surface area contributed by atoms with E-state index in [2.05, 4.69) is 33.0 Å². The average Bonchev–Trinajstić information content (AvgIpc) is 2.00. The summed E-state index contributed by atoms with van der Waals surface area (Å²) >= 11 is 0. The van der Waals surface area contributed by atoms with Crippen LogP contribution in [0.3, 0.4) is 0 Å². The molecular formula is C11H23NO. The van der Waals surface area contributed by atoms with Crippen LogP contribution in [0, 0.1) is 0 Å². The maximum atomic E-state index is 5.53. The fourth-order valence-electron chi connectivity index (χ4n) is 0.825. The molecule has 0 fully saturated rings. The van der Waals surface area contributed by atoms with Crippen molar-refractivity contribution in [1.29, 1.82) is 0 Å². The highest BCUT2D eigenvalue weighted by atomic mass is 16.5. The van der Waals surface area contributed by atoms with Gasteiger partial charge < -0.3 is 10.1 Å². The Kier molecular flexibility index (Phi) is 6.00. The van der Waals surface area contributed by atoms with Crippen molar-refractivity contribution in [2.24, 2.45) is 0 Å². The molecule has 0 aromatic heterocycles. The summed E-state index contributed by atoms with van der Waals surface area (Å²) in [5.41, 5.74) is 0.179. The quantitative estimate of drug-likeness (QED) is 0.664. The van der Waals surface area contributed by atoms with Gasteiger partial charge in [0.2, 0.25) is 0 Å². The molecule has 0 rings (SSSR count). The van der Waals surface area contributed by atoms with Crippen molar-refractivity contribution >= 4 is 0 Å². The summed E-state index contributed by atoms with van der Waals surface area (Å²) in [5, 5.41) is 3.40. The summed E-state index contributed by atoms with van der Waals surface area (Å²) in [4.78, 5) is 0. The van der Waals surface area contributed by atoms with Gasteiger partial charge in [-0.15, -0.1) is 0 Å². The molecule has 1 atom stereocenters. The van der Waals surface area contributed by atoms with Crippen LogP contribution in [0.5, 0.6) is 0 Å². The molecule has 78 valence electrons. The van der Waals surface area contributed by atoms with E-state index in [0.717, 1.165) is 6.54 Å². The maximum Gasteiger partial charge on any atom is 0.0675 e. The molecule has 0 aromatic carbocycles. The average molecular weight is 185 g/mol. The number of hydrogen-bond donors (Lipinski definition) is 1. The van der Waals surface area contributed by atoms with Gasteiger partial charge in [-0.3, -0.25) is 0 Å². The normalized spacial score (nSPS) is 15.2. The first-order valence-electron chi connectivity index (χ1n) is 4.93. The largest absolute Gasteiger partial charge is 0.373 e. The van der Waals surface area contributed by atoms with E-state index in [1.165, 1.54) is 0 Å². The molecular weight excluding hydrogens is 162 g/mol. The van der Waals surface area contributed by atoms with E-state index in [0.29, 0.717) is 6.61 Å². The Balaban J connectivity index is 3.46. The van der Waals surface area contributed by atoms with Gasteiger partial charge >= 0.3 is 0 Å². The molecule has 0 heterocycles. The molecule has 13 heavy (non-hydrogen) atoms. The fourth-order valence-corrected chi connectivity index (χ4v) is 0.825. The highest BCUT2D eigenvalue weighted by molar-refractivity contribution is 4.77. The Morgan fingerprint density at radius 3 is 2.46 bits per heavy atom. The van der Waals surface area contributed by atoms with Crippen molar-refractivity contribution in [2.45, 2.75) is 46.3 Å². The number of nitrogens with one attached hydrogen (secondary N) is 1. The first-order chi connectivity index (χ1) is 5.95. The smallest absolute Gasteiger partial charge is 0.0675 e. The number of rotatable bonds is 5. The standard InChI is InChI=1S/C11H23NO/c1-6-7-8-13-10(2)9-12-11(3,4)5/h6-7,10,12H,8-9H2,1-5H3. The first-order valence-corrected chi connectivity index (χ1v) is 4.93. The zero-order valence-corrected chi connectivity index (χ0v) is 9.55. The molecule has 0 amide bonds. The number of ether oxygens (including phenoxy) is 1. The van der Waals surface area contributed by atoms with Crippen LogP contribution >= 0.6 is 0 Å². The molecule has 0 aromatic rings. The Morgan fingerprint density at radius 1 is 1.38 bits per heavy atom. The summed E-state index contributed by atoms with van der Waals surface area (Å²) in [6.45, 7) is 12.2. The Labute approximate surface area is 82.4 Å². The van der Waals surface area contributed by atoms with Gasteiger partial charge in [0.1, 0.15) is 0 Å². The molecule has 0 aliphatic carbocycles. The topological polar surface area (TPSA) is 21.3 Å². The van der Waals surface area contributed by atoms with E-state index in [1.54, 1.807) is 0 Å². The Bertz CT molecular complexity index is 147. The van der Waals surface area contributed by atoms with Crippen molar-refractivity contribution in [1.82, 2.24) is 5.32 Å². The highest BCUT2D eigenvalue weighted by Gasteiger charge is 2.10. The van der Waals surface area contributed by atoms with E-state index in [-0.39, 0.29) is 11.6 Å². The molecule has 0 saturated heterocycles. The van der Waals surface area contributed by atoms with Crippen molar-refractivity contribution < 1.29 is 4.74 Å². The molecule has 0 spiro atoms. The minimum Gasteiger partial charge on any atom is -0.373 e. The summed E-state index contributed by atoms with van der Waals surface area (Å²) in [6, 6.07) is 0. The molecule has 0 aliphatic rings. The fraction of sp³-hybridized carbons (Fsp3) is 0.818. The predicted molar refractivity (Wildman–Crippen MR) is 58.0 cm³/mol. The van der Waals surface area contributed by atoms with Crippen molar-refractivity contribution in [3.63, 3.8) is 0 Å². The zero-order chi connectivity index (χ0) is 10.3. The minimum atomic E-state index is 0.179.